The van der Waals surface area contributed by atoms with E-state index in [9.17, 15) is 10.1 Å². The number of hydrogen-bond acceptors (Lipinski definition) is 8. The fourth-order valence-electron chi connectivity index (χ4n) is 3.69. The zero-order chi connectivity index (χ0) is 22.8. The van der Waals surface area contributed by atoms with Crippen LogP contribution in [0.4, 0.5) is 5.69 Å². The van der Waals surface area contributed by atoms with E-state index < -0.39 is 6.04 Å². The van der Waals surface area contributed by atoms with Crippen molar-refractivity contribution < 1.29 is 14.3 Å². The third-order valence-corrected chi connectivity index (χ3v) is 6.15. The summed E-state index contributed by atoms with van der Waals surface area (Å²) in [5.74, 6) is 1.03. The number of aliphatic imine (C=N–C) groups is 1. The number of para-hydroxylation sites is 1. The molecule has 0 unspecified atom stereocenters. The second kappa shape index (κ2) is 8.69. The number of anilines is 1. The van der Waals surface area contributed by atoms with Gasteiger partial charge in [-0.25, -0.2) is 4.99 Å². The van der Waals surface area contributed by atoms with Gasteiger partial charge in [-0.15, -0.1) is 0 Å². The van der Waals surface area contributed by atoms with Crippen LogP contribution in [0.2, 0.25) is 0 Å². The first kappa shape index (κ1) is 21.3. The van der Waals surface area contributed by atoms with E-state index in [0.717, 1.165) is 5.56 Å². The zero-order valence-electron chi connectivity index (χ0n) is 17.7. The molecule has 0 aliphatic carbocycles. The lowest BCUT2D eigenvalue weighted by molar-refractivity contribution is -0.113. The lowest BCUT2D eigenvalue weighted by atomic mass is 9.93. The van der Waals surface area contributed by atoms with Gasteiger partial charge in [-0.1, -0.05) is 24.3 Å². The molecule has 0 saturated heterocycles. The highest BCUT2D eigenvalue weighted by Crippen LogP contribution is 2.46. The minimum absolute atomic E-state index is 0.258. The van der Waals surface area contributed by atoms with Crippen molar-refractivity contribution in [3.05, 3.63) is 76.1 Å². The number of amides is 1. The van der Waals surface area contributed by atoms with Gasteiger partial charge < -0.3 is 20.5 Å². The number of fused-ring (bicyclic) bond motifs is 1. The largest absolute Gasteiger partial charge is 0.493 e. The number of thioether (sulfide) groups is 1. The Morgan fingerprint density at radius 2 is 1.91 bits per heavy atom. The van der Waals surface area contributed by atoms with Crippen LogP contribution in [-0.2, 0) is 4.79 Å². The fourth-order valence-corrected chi connectivity index (χ4v) is 4.60. The third-order valence-electron chi connectivity index (χ3n) is 5.18. The third kappa shape index (κ3) is 3.65. The lowest BCUT2D eigenvalue weighted by Gasteiger charge is -2.35. The molecule has 2 aromatic rings. The molecule has 2 aliphatic heterocycles. The van der Waals surface area contributed by atoms with Crippen molar-refractivity contribution in [1.82, 2.24) is 4.90 Å². The summed E-state index contributed by atoms with van der Waals surface area (Å²) >= 11 is 1.19. The van der Waals surface area contributed by atoms with Gasteiger partial charge in [-0.05, 0) is 48.5 Å². The molecule has 9 heteroatoms. The van der Waals surface area contributed by atoms with Crippen LogP contribution < -0.4 is 20.5 Å². The van der Waals surface area contributed by atoms with Crippen molar-refractivity contribution in [2.75, 3.05) is 19.5 Å². The fraction of sp³-hybridized carbons (Fsp3) is 0.174. The molecule has 0 bridgehead atoms. The van der Waals surface area contributed by atoms with Gasteiger partial charge in [0.2, 0.25) is 0 Å². The number of rotatable bonds is 5. The van der Waals surface area contributed by atoms with E-state index in [4.69, 9.17) is 15.2 Å². The molecule has 162 valence electrons. The van der Waals surface area contributed by atoms with Crippen molar-refractivity contribution in [1.29, 1.82) is 5.26 Å². The Bertz CT molecular complexity index is 1210. The molecule has 1 amide bonds. The molecule has 2 aliphatic rings. The maximum absolute atomic E-state index is 13.4. The molecule has 4 rings (SSSR count). The molecule has 0 spiro atoms. The number of amidine groups is 1. The molecule has 0 aromatic heterocycles. The first-order valence-electron chi connectivity index (χ1n) is 9.73. The summed E-state index contributed by atoms with van der Waals surface area (Å²) < 4.78 is 10.8. The molecule has 2 heterocycles. The number of nitriles is 1. The van der Waals surface area contributed by atoms with Gasteiger partial charge in [0.15, 0.2) is 16.7 Å². The molecule has 0 fully saturated rings. The van der Waals surface area contributed by atoms with Crippen LogP contribution in [0.25, 0.3) is 0 Å². The molecule has 32 heavy (non-hydrogen) atoms. The van der Waals surface area contributed by atoms with Crippen molar-refractivity contribution in [2.24, 2.45) is 10.7 Å². The van der Waals surface area contributed by atoms with Crippen LogP contribution in [-0.4, -0.2) is 30.2 Å². The Morgan fingerprint density at radius 3 is 2.56 bits per heavy atom. The van der Waals surface area contributed by atoms with Gasteiger partial charge >= 0.3 is 0 Å². The summed E-state index contributed by atoms with van der Waals surface area (Å²) in [6.07, 6.45) is 0. The number of carbonyl (C=O) groups is 1. The minimum atomic E-state index is -0.607. The monoisotopic (exact) mass is 447 g/mol. The van der Waals surface area contributed by atoms with E-state index >= 15 is 0 Å². The Kier molecular flexibility index (Phi) is 5.79. The summed E-state index contributed by atoms with van der Waals surface area (Å²) in [4.78, 5) is 20.1. The number of methoxy groups -OCH3 is 2. The van der Waals surface area contributed by atoms with Gasteiger partial charge in [0, 0.05) is 5.69 Å². The first-order valence-corrected chi connectivity index (χ1v) is 10.5. The maximum Gasteiger partial charge on any atom is 0.255 e. The second-order valence-corrected chi connectivity index (χ2v) is 8.01. The molecule has 0 radical (unpaired) electrons. The Morgan fingerprint density at radius 1 is 1.19 bits per heavy atom. The van der Waals surface area contributed by atoms with Gasteiger partial charge in [-0.2, -0.15) is 5.26 Å². The first-order chi connectivity index (χ1) is 15.5. The number of ether oxygens (including phenoxy) is 2. The van der Waals surface area contributed by atoms with Gasteiger partial charge in [0.25, 0.3) is 5.91 Å². The number of benzene rings is 2. The normalized spacial score (nSPS) is 17.5. The molecule has 2 aromatic carbocycles. The summed E-state index contributed by atoms with van der Waals surface area (Å²) in [6, 6.07) is 16.1. The number of carbonyl (C=O) groups excluding carboxylic acids is 1. The molecule has 1 atom stereocenters. The van der Waals surface area contributed by atoms with Gasteiger partial charge in [-0.3, -0.25) is 9.69 Å². The predicted octanol–water partition coefficient (Wildman–Crippen LogP) is 3.73. The highest BCUT2D eigenvalue weighted by Gasteiger charge is 2.42. The van der Waals surface area contributed by atoms with Crippen LogP contribution >= 0.6 is 11.8 Å². The number of nitrogens with two attached hydrogens (primary N) is 1. The number of nitrogens with one attached hydrogen (secondary N) is 1. The number of nitrogens with zero attached hydrogens (tertiary/aromatic N) is 3. The van der Waals surface area contributed by atoms with Crippen molar-refractivity contribution in [3.63, 3.8) is 0 Å². The van der Waals surface area contributed by atoms with Crippen LogP contribution in [0, 0.1) is 11.3 Å². The molecule has 3 N–H and O–H groups in total. The quantitative estimate of drug-likeness (QED) is 0.718. The molecular weight excluding hydrogens is 426 g/mol. The standard InChI is InChI=1S/C23H21N5O3S/c1-13-19(22(29)27-15-7-5-4-6-8-15)20(14-9-10-16(30-2)17(11-14)31-3)28-21(25)18(12-24)32-23(28)26-13/h4-11,20H,25H2,1-3H3,(H,27,29)/t20-/m0/s1. The van der Waals surface area contributed by atoms with E-state index in [1.165, 1.54) is 11.8 Å². The molecule has 0 saturated carbocycles. The maximum atomic E-state index is 13.4. The SMILES string of the molecule is COc1ccc([C@H]2C(C(=O)Nc3ccccc3)=C(C)N=C3SC(C#N)=C(N)N32)cc1OC. The number of allylic oxidation sites excluding steroid dienone is 2. The predicted molar refractivity (Wildman–Crippen MR) is 124 cm³/mol. The average molecular weight is 448 g/mol. The van der Waals surface area contributed by atoms with Crippen LogP contribution in [0.15, 0.2) is 75.5 Å². The summed E-state index contributed by atoms with van der Waals surface area (Å²) in [5, 5.41) is 13.0. The second-order valence-electron chi connectivity index (χ2n) is 7.03. The zero-order valence-corrected chi connectivity index (χ0v) is 18.6. The summed E-state index contributed by atoms with van der Waals surface area (Å²) in [5.41, 5.74) is 8.71. The smallest absolute Gasteiger partial charge is 0.255 e. The highest BCUT2D eigenvalue weighted by molar-refractivity contribution is 8.17. The Balaban J connectivity index is 1.85. The van der Waals surface area contributed by atoms with E-state index in [0.29, 0.717) is 38.5 Å². The summed E-state index contributed by atoms with van der Waals surface area (Å²) in [7, 11) is 3.11. The highest BCUT2D eigenvalue weighted by atomic mass is 32.2. The number of hydrogen-bond donors (Lipinski definition) is 2. The van der Waals surface area contributed by atoms with E-state index in [1.807, 2.05) is 36.4 Å². The van der Waals surface area contributed by atoms with Crippen molar-refractivity contribution >= 4 is 28.5 Å². The van der Waals surface area contributed by atoms with E-state index in [2.05, 4.69) is 16.4 Å². The van der Waals surface area contributed by atoms with Crippen molar-refractivity contribution in [3.8, 4) is 17.6 Å². The Hall–Kier alpha value is -3.90. The minimum Gasteiger partial charge on any atom is -0.493 e. The lowest BCUT2D eigenvalue weighted by Crippen LogP contribution is -2.39. The van der Waals surface area contributed by atoms with Gasteiger partial charge in [0.1, 0.15) is 16.8 Å². The van der Waals surface area contributed by atoms with Crippen molar-refractivity contribution in [2.45, 2.75) is 13.0 Å². The molecular formula is C23H21N5O3S. The van der Waals surface area contributed by atoms with Gasteiger partial charge in [0.05, 0.1) is 31.5 Å². The van der Waals surface area contributed by atoms with Crippen LogP contribution in [0.5, 0.6) is 11.5 Å². The van der Waals surface area contributed by atoms with E-state index in [-0.39, 0.29) is 11.7 Å². The van der Waals surface area contributed by atoms with E-state index in [1.54, 1.807) is 38.2 Å². The molecule has 8 nitrogen and oxygen atoms in total. The Labute approximate surface area is 190 Å². The average Bonchev–Trinajstić information content (AvgIpc) is 3.13. The summed E-state index contributed by atoms with van der Waals surface area (Å²) in [6.45, 7) is 1.78. The topological polar surface area (TPSA) is 113 Å². The van der Waals surface area contributed by atoms with Crippen LogP contribution in [0.3, 0.4) is 0 Å². The van der Waals surface area contributed by atoms with Crippen LogP contribution in [0.1, 0.15) is 18.5 Å².